The summed E-state index contributed by atoms with van der Waals surface area (Å²) in [6, 6.07) is 7.11. The summed E-state index contributed by atoms with van der Waals surface area (Å²) in [5.74, 6) is 0.0351. The molecule has 0 radical (unpaired) electrons. The number of carbonyl (C=O) groups is 2. The van der Waals surface area contributed by atoms with Crippen LogP contribution in [-0.2, 0) is 0 Å². The summed E-state index contributed by atoms with van der Waals surface area (Å²) in [5.41, 5.74) is 1.12. The lowest BCUT2D eigenvalue weighted by molar-refractivity contribution is 0.0950. The summed E-state index contributed by atoms with van der Waals surface area (Å²) in [4.78, 5) is 28.6. The van der Waals surface area contributed by atoms with Gasteiger partial charge in [0, 0.05) is 43.7 Å². The van der Waals surface area contributed by atoms with E-state index in [0.717, 1.165) is 39.1 Å². The molecule has 1 aliphatic heterocycles. The SMILES string of the molecule is CC(=O)c1ccccc1C(=O)CCCN1CCN(C)CC1. The van der Waals surface area contributed by atoms with Crippen LogP contribution in [0.4, 0.5) is 0 Å². The van der Waals surface area contributed by atoms with Crippen molar-refractivity contribution >= 4 is 11.6 Å². The Morgan fingerprint density at radius 3 is 2.29 bits per heavy atom. The van der Waals surface area contributed by atoms with Crippen molar-refractivity contribution in [3.05, 3.63) is 35.4 Å². The van der Waals surface area contributed by atoms with Gasteiger partial charge in [0.1, 0.15) is 0 Å². The van der Waals surface area contributed by atoms with Crippen LogP contribution in [0.3, 0.4) is 0 Å². The molecule has 4 nitrogen and oxygen atoms in total. The van der Waals surface area contributed by atoms with E-state index in [1.807, 2.05) is 6.07 Å². The van der Waals surface area contributed by atoms with Crippen molar-refractivity contribution < 1.29 is 9.59 Å². The van der Waals surface area contributed by atoms with Crippen LogP contribution < -0.4 is 0 Å². The van der Waals surface area contributed by atoms with E-state index >= 15 is 0 Å². The molecule has 1 saturated heterocycles. The Kier molecular flexibility index (Phi) is 5.65. The van der Waals surface area contributed by atoms with Gasteiger partial charge in [-0.05, 0) is 26.9 Å². The van der Waals surface area contributed by atoms with Crippen molar-refractivity contribution in [1.29, 1.82) is 0 Å². The maximum Gasteiger partial charge on any atom is 0.163 e. The van der Waals surface area contributed by atoms with Gasteiger partial charge in [0.25, 0.3) is 0 Å². The first-order valence-electron chi connectivity index (χ1n) is 7.62. The summed E-state index contributed by atoms with van der Waals surface area (Å²) in [6.07, 6.45) is 1.37. The van der Waals surface area contributed by atoms with Gasteiger partial charge < -0.3 is 9.80 Å². The average Bonchev–Trinajstić information content (AvgIpc) is 2.49. The van der Waals surface area contributed by atoms with E-state index in [4.69, 9.17) is 0 Å². The molecule has 1 fully saturated rings. The van der Waals surface area contributed by atoms with Gasteiger partial charge in [-0.25, -0.2) is 0 Å². The molecule has 0 aromatic heterocycles. The summed E-state index contributed by atoms with van der Waals surface area (Å²) >= 11 is 0. The van der Waals surface area contributed by atoms with Gasteiger partial charge in [-0.3, -0.25) is 9.59 Å². The maximum atomic E-state index is 12.3. The molecule has 0 N–H and O–H groups in total. The Balaban J connectivity index is 1.84. The zero-order valence-electron chi connectivity index (χ0n) is 13.0. The molecule has 1 aromatic carbocycles. The summed E-state index contributed by atoms with van der Waals surface area (Å²) in [6.45, 7) is 6.82. The molecule has 114 valence electrons. The molecule has 0 unspecified atom stereocenters. The second kappa shape index (κ2) is 7.48. The molecule has 0 amide bonds. The van der Waals surface area contributed by atoms with Crippen molar-refractivity contribution in [2.45, 2.75) is 19.8 Å². The highest BCUT2D eigenvalue weighted by molar-refractivity contribution is 6.07. The topological polar surface area (TPSA) is 40.6 Å². The molecule has 2 rings (SSSR count). The zero-order valence-corrected chi connectivity index (χ0v) is 13.0. The maximum absolute atomic E-state index is 12.3. The van der Waals surface area contributed by atoms with E-state index in [1.54, 1.807) is 18.2 Å². The standard InChI is InChI=1S/C17H24N2O2/c1-14(20)15-6-3-4-7-16(15)17(21)8-5-9-19-12-10-18(2)11-13-19/h3-4,6-7H,5,8-13H2,1-2H3. The molecule has 0 bridgehead atoms. The molecule has 0 spiro atoms. The average molecular weight is 288 g/mol. The molecule has 0 saturated carbocycles. The third-order valence-corrected chi connectivity index (χ3v) is 4.08. The lowest BCUT2D eigenvalue weighted by Gasteiger charge is -2.32. The number of likely N-dealkylation sites (N-methyl/N-ethyl adjacent to an activating group) is 1. The van der Waals surface area contributed by atoms with Crippen molar-refractivity contribution in [1.82, 2.24) is 9.80 Å². The number of hydrogen-bond acceptors (Lipinski definition) is 4. The molecule has 4 heteroatoms. The van der Waals surface area contributed by atoms with Gasteiger partial charge in [-0.1, -0.05) is 24.3 Å². The zero-order chi connectivity index (χ0) is 15.2. The van der Waals surface area contributed by atoms with E-state index in [2.05, 4.69) is 16.8 Å². The summed E-state index contributed by atoms with van der Waals surface area (Å²) < 4.78 is 0. The largest absolute Gasteiger partial charge is 0.304 e. The van der Waals surface area contributed by atoms with Crippen molar-refractivity contribution in [2.24, 2.45) is 0 Å². The van der Waals surface area contributed by atoms with E-state index in [0.29, 0.717) is 17.5 Å². The van der Waals surface area contributed by atoms with Crippen LogP contribution in [0.1, 0.15) is 40.5 Å². The summed E-state index contributed by atoms with van der Waals surface area (Å²) in [7, 11) is 2.14. The monoisotopic (exact) mass is 288 g/mol. The molecule has 21 heavy (non-hydrogen) atoms. The molecular weight excluding hydrogens is 264 g/mol. The van der Waals surface area contributed by atoms with E-state index in [-0.39, 0.29) is 11.6 Å². The predicted molar refractivity (Wildman–Crippen MR) is 83.9 cm³/mol. The minimum Gasteiger partial charge on any atom is -0.304 e. The van der Waals surface area contributed by atoms with Gasteiger partial charge in [0.15, 0.2) is 11.6 Å². The number of benzene rings is 1. The Hall–Kier alpha value is -1.52. The van der Waals surface area contributed by atoms with Gasteiger partial charge >= 0.3 is 0 Å². The fraction of sp³-hybridized carbons (Fsp3) is 0.529. The quantitative estimate of drug-likeness (QED) is 0.752. The molecule has 1 aromatic rings. The lowest BCUT2D eigenvalue weighted by Crippen LogP contribution is -2.44. The van der Waals surface area contributed by atoms with Gasteiger partial charge in [0.05, 0.1) is 0 Å². The second-order valence-corrected chi connectivity index (χ2v) is 5.77. The Morgan fingerprint density at radius 2 is 1.67 bits per heavy atom. The first-order valence-corrected chi connectivity index (χ1v) is 7.62. The molecule has 1 aliphatic rings. The highest BCUT2D eigenvalue weighted by atomic mass is 16.1. The third kappa shape index (κ3) is 4.48. The van der Waals surface area contributed by atoms with Crippen molar-refractivity contribution in [3.63, 3.8) is 0 Å². The smallest absolute Gasteiger partial charge is 0.163 e. The van der Waals surface area contributed by atoms with E-state index in [1.165, 1.54) is 6.92 Å². The lowest BCUT2D eigenvalue weighted by atomic mass is 9.98. The van der Waals surface area contributed by atoms with Crippen LogP contribution in [0.2, 0.25) is 0 Å². The number of nitrogens with zero attached hydrogens (tertiary/aromatic N) is 2. The number of rotatable bonds is 6. The van der Waals surface area contributed by atoms with Gasteiger partial charge in [0.2, 0.25) is 0 Å². The highest BCUT2D eigenvalue weighted by Crippen LogP contribution is 2.13. The molecule has 1 heterocycles. The van der Waals surface area contributed by atoms with Crippen LogP contribution in [-0.4, -0.2) is 61.1 Å². The highest BCUT2D eigenvalue weighted by Gasteiger charge is 2.16. The van der Waals surface area contributed by atoms with Gasteiger partial charge in [-0.15, -0.1) is 0 Å². The van der Waals surface area contributed by atoms with Crippen LogP contribution in [0.5, 0.6) is 0 Å². The predicted octanol–water partition coefficient (Wildman–Crippen LogP) is 2.10. The molecule has 0 atom stereocenters. The normalized spacial score (nSPS) is 16.9. The van der Waals surface area contributed by atoms with Crippen LogP contribution in [0.15, 0.2) is 24.3 Å². The number of hydrogen-bond donors (Lipinski definition) is 0. The summed E-state index contributed by atoms with van der Waals surface area (Å²) in [5, 5.41) is 0. The van der Waals surface area contributed by atoms with Crippen molar-refractivity contribution in [2.75, 3.05) is 39.8 Å². The number of piperazine rings is 1. The third-order valence-electron chi connectivity index (χ3n) is 4.08. The fourth-order valence-corrected chi connectivity index (χ4v) is 2.70. The molecule has 0 aliphatic carbocycles. The Morgan fingerprint density at radius 1 is 1.05 bits per heavy atom. The number of Topliss-reactive ketones (excluding diaryl/α,β-unsaturated/α-hetero) is 2. The van der Waals surface area contributed by atoms with E-state index in [9.17, 15) is 9.59 Å². The van der Waals surface area contributed by atoms with Gasteiger partial charge in [-0.2, -0.15) is 0 Å². The Labute approximate surface area is 126 Å². The first kappa shape index (κ1) is 15.9. The van der Waals surface area contributed by atoms with Crippen LogP contribution in [0.25, 0.3) is 0 Å². The number of carbonyl (C=O) groups excluding carboxylic acids is 2. The minimum absolute atomic E-state index is 0.0435. The van der Waals surface area contributed by atoms with Crippen LogP contribution >= 0.6 is 0 Å². The number of ketones is 2. The Bertz CT molecular complexity index is 505. The fourth-order valence-electron chi connectivity index (χ4n) is 2.70. The van der Waals surface area contributed by atoms with E-state index < -0.39 is 0 Å². The first-order chi connectivity index (χ1) is 10.1. The minimum atomic E-state index is -0.0435. The van der Waals surface area contributed by atoms with Crippen LogP contribution in [0, 0.1) is 0 Å². The van der Waals surface area contributed by atoms with Crippen molar-refractivity contribution in [3.8, 4) is 0 Å². The second-order valence-electron chi connectivity index (χ2n) is 5.77. The molecular formula is C17H24N2O2.